The van der Waals surface area contributed by atoms with Crippen LogP contribution in [-0.2, 0) is 5.41 Å². The molecule has 0 fully saturated rings. The first-order valence-corrected chi connectivity index (χ1v) is 9.23. The van der Waals surface area contributed by atoms with Gasteiger partial charge < -0.3 is 19.4 Å². The minimum absolute atomic E-state index is 0.112. The molecule has 0 saturated heterocycles. The minimum Gasteiger partial charge on any atom is -0.490 e. The van der Waals surface area contributed by atoms with Gasteiger partial charge in [0.25, 0.3) is 0 Å². The summed E-state index contributed by atoms with van der Waals surface area (Å²) in [5, 5.41) is 12.1. The highest BCUT2D eigenvalue weighted by Gasteiger charge is 2.14. The number of hydrogen-bond acceptors (Lipinski definition) is 5. The zero-order chi connectivity index (χ0) is 19.9. The number of oxime groups is 1. The average Bonchev–Trinajstić information content (AvgIpc) is 2.60. The highest BCUT2D eigenvalue weighted by atomic mass is 35.5. The molecule has 0 radical (unpaired) electrons. The van der Waals surface area contributed by atoms with Crippen LogP contribution in [0, 0.1) is 0 Å². The third kappa shape index (κ3) is 6.07. The monoisotopic (exact) mass is 391 g/mol. The van der Waals surface area contributed by atoms with Gasteiger partial charge in [0.05, 0.1) is 17.8 Å². The normalized spacial score (nSPS) is 11.6. The number of ether oxygens (including phenoxy) is 3. The number of nitrogens with zero attached hydrogens (tertiary/aromatic N) is 1. The lowest BCUT2D eigenvalue weighted by atomic mass is 9.87. The molecular weight excluding hydrogens is 366 g/mol. The lowest BCUT2D eigenvalue weighted by Crippen LogP contribution is -2.12. The van der Waals surface area contributed by atoms with Gasteiger partial charge in [-0.15, -0.1) is 0 Å². The maximum absolute atomic E-state index is 8.68. The van der Waals surface area contributed by atoms with Crippen molar-refractivity contribution < 1.29 is 19.4 Å². The average molecular weight is 392 g/mol. The number of hydrogen-bond donors (Lipinski definition) is 1. The van der Waals surface area contributed by atoms with Gasteiger partial charge in [0.15, 0.2) is 11.5 Å². The summed E-state index contributed by atoms with van der Waals surface area (Å²) in [6, 6.07) is 11.4. The highest BCUT2D eigenvalue weighted by Crippen LogP contribution is 2.36. The first-order chi connectivity index (χ1) is 12.8. The van der Waals surface area contributed by atoms with Crippen LogP contribution < -0.4 is 14.2 Å². The van der Waals surface area contributed by atoms with Gasteiger partial charge in [0.2, 0.25) is 0 Å². The van der Waals surface area contributed by atoms with Crippen LogP contribution in [0.15, 0.2) is 41.6 Å². The van der Waals surface area contributed by atoms with Crippen LogP contribution >= 0.6 is 11.6 Å². The third-order valence-electron chi connectivity index (χ3n) is 3.86. The Morgan fingerprint density at radius 3 is 2.30 bits per heavy atom. The van der Waals surface area contributed by atoms with Crippen LogP contribution in [0.3, 0.4) is 0 Å². The predicted octanol–water partition coefficient (Wildman–Crippen LogP) is 5.30. The second kappa shape index (κ2) is 9.51. The van der Waals surface area contributed by atoms with E-state index in [2.05, 4.69) is 38.1 Å². The van der Waals surface area contributed by atoms with Crippen molar-refractivity contribution in [2.24, 2.45) is 5.16 Å². The van der Waals surface area contributed by atoms with E-state index >= 15 is 0 Å². The molecule has 0 aromatic heterocycles. The number of halogens is 1. The Labute approximate surface area is 165 Å². The third-order valence-corrected chi connectivity index (χ3v) is 4.14. The van der Waals surface area contributed by atoms with E-state index in [9.17, 15) is 0 Å². The summed E-state index contributed by atoms with van der Waals surface area (Å²) in [5.41, 5.74) is 1.99. The molecule has 2 rings (SSSR count). The van der Waals surface area contributed by atoms with Gasteiger partial charge in [0, 0.05) is 5.56 Å². The quantitative estimate of drug-likeness (QED) is 0.287. The van der Waals surface area contributed by atoms with Gasteiger partial charge in [-0.05, 0) is 42.2 Å². The van der Waals surface area contributed by atoms with Crippen LogP contribution in [0.1, 0.15) is 38.8 Å². The van der Waals surface area contributed by atoms with E-state index in [4.69, 9.17) is 31.0 Å². The SMILES string of the molecule is CCOc1cc(C=NO)cc(Cl)c1OCCOc1ccc(C(C)(C)C)cc1. The molecular formula is C21H26ClNO4. The molecule has 0 spiro atoms. The second-order valence-corrected chi connectivity index (χ2v) is 7.39. The van der Waals surface area contributed by atoms with Gasteiger partial charge in [-0.2, -0.15) is 0 Å². The fourth-order valence-electron chi connectivity index (χ4n) is 2.49. The van der Waals surface area contributed by atoms with Crippen LogP contribution in [-0.4, -0.2) is 31.2 Å². The summed E-state index contributed by atoms with van der Waals surface area (Å²) >= 11 is 6.27. The summed E-state index contributed by atoms with van der Waals surface area (Å²) in [5.74, 6) is 1.73. The number of rotatable bonds is 8. The van der Waals surface area contributed by atoms with Crippen molar-refractivity contribution in [3.05, 3.63) is 52.5 Å². The van der Waals surface area contributed by atoms with Gasteiger partial charge >= 0.3 is 0 Å². The molecule has 5 nitrogen and oxygen atoms in total. The van der Waals surface area contributed by atoms with Crippen LogP contribution in [0.2, 0.25) is 5.02 Å². The van der Waals surface area contributed by atoms with Crippen molar-refractivity contribution >= 4 is 17.8 Å². The fraction of sp³-hybridized carbons (Fsp3) is 0.381. The molecule has 2 aromatic carbocycles. The molecule has 146 valence electrons. The van der Waals surface area contributed by atoms with Crippen molar-refractivity contribution in [1.29, 1.82) is 0 Å². The first kappa shape index (κ1) is 20.9. The molecule has 1 N–H and O–H groups in total. The van der Waals surface area contributed by atoms with Crippen molar-refractivity contribution in [2.75, 3.05) is 19.8 Å². The summed E-state index contributed by atoms with van der Waals surface area (Å²) in [6.45, 7) is 9.54. The standard InChI is InChI=1S/C21H26ClNO4/c1-5-25-19-13-15(14-23-24)12-18(22)20(19)27-11-10-26-17-8-6-16(7-9-17)21(2,3)4/h6-9,12-14,24H,5,10-11H2,1-4H3. The minimum atomic E-state index is 0.112. The predicted molar refractivity (Wildman–Crippen MR) is 108 cm³/mol. The molecule has 0 aliphatic rings. The Bertz CT molecular complexity index is 767. The maximum atomic E-state index is 8.68. The molecule has 0 bridgehead atoms. The largest absolute Gasteiger partial charge is 0.490 e. The van der Waals surface area contributed by atoms with E-state index in [-0.39, 0.29) is 5.41 Å². The number of benzene rings is 2. The zero-order valence-corrected chi connectivity index (χ0v) is 16.9. The van der Waals surface area contributed by atoms with Crippen LogP contribution in [0.5, 0.6) is 17.2 Å². The lowest BCUT2D eigenvalue weighted by molar-refractivity contribution is 0.208. The van der Waals surface area contributed by atoms with Gasteiger partial charge in [-0.3, -0.25) is 0 Å². The highest BCUT2D eigenvalue weighted by molar-refractivity contribution is 6.32. The Balaban J connectivity index is 1.96. The van der Waals surface area contributed by atoms with Crippen molar-refractivity contribution in [2.45, 2.75) is 33.1 Å². The molecule has 0 heterocycles. The summed E-state index contributed by atoms with van der Waals surface area (Å²) in [6.07, 6.45) is 1.28. The molecule has 2 aromatic rings. The van der Waals surface area contributed by atoms with Crippen LogP contribution in [0.25, 0.3) is 0 Å². The molecule has 0 saturated carbocycles. The van der Waals surface area contributed by atoms with Gasteiger partial charge in [-0.25, -0.2) is 0 Å². The Morgan fingerprint density at radius 2 is 1.70 bits per heavy atom. The fourth-order valence-corrected chi connectivity index (χ4v) is 2.76. The van der Waals surface area contributed by atoms with E-state index in [0.29, 0.717) is 41.9 Å². The van der Waals surface area contributed by atoms with Gasteiger partial charge in [-0.1, -0.05) is 49.7 Å². The maximum Gasteiger partial charge on any atom is 0.179 e. The smallest absolute Gasteiger partial charge is 0.179 e. The zero-order valence-electron chi connectivity index (χ0n) is 16.2. The summed E-state index contributed by atoms with van der Waals surface area (Å²) in [7, 11) is 0. The molecule has 0 amide bonds. The van der Waals surface area contributed by atoms with E-state index in [0.717, 1.165) is 5.75 Å². The van der Waals surface area contributed by atoms with E-state index in [1.54, 1.807) is 12.1 Å². The molecule has 0 aliphatic carbocycles. The second-order valence-electron chi connectivity index (χ2n) is 6.98. The topological polar surface area (TPSA) is 60.3 Å². The van der Waals surface area contributed by atoms with E-state index < -0.39 is 0 Å². The lowest BCUT2D eigenvalue weighted by Gasteiger charge is -2.19. The Kier molecular flexibility index (Phi) is 7.36. The Morgan fingerprint density at radius 1 is 1.04 bits per heavy atom. The first-order valence-electron chi connectivity index (χ1n) is 8.85. The molecule has 0 atom stereocenters. The molecule has 27 heavy (non-hydrogen) atoms. The van der Waals surface area contributed by atoms with E-state index in [1.165, 1.54) is 11.8 Å². The van der Waals surface area contributed by atoms with Crippen molar-refractivity contribution in [3.63, 3.8) is 0 Å². The van der Waals surface area contributed by atoms with Gasteiger partial charge in [0.1, 0.15) is 19.0 Å². The van der Waals surface area contributed by atoms with E-state index in [1.807, 2.05) is 19.1 Å². The molecule has 6 heteroatoms. The van der Waals surface area contributed by atoms with Crippen LogP contribution in [0.4, 0.5) is 0 Å². The summed E-state index contributed by atoms with van der Waals surface area (Å²) < 4.78 is 17.1. The molecule has 0 unspecified atom stereocenters. The van der Waals surface area contributed by atoms with Crippen molar-refractivity contribution in [3.8, 4) is 17.2 Å². The molecule has 0 aliphatic heterocycles. The Hall–Kier alpha value is -2.40. The van der Waals surface area contributed by atoms with Crippen molar-refractivity contribution in [1.82, 2.24) is 0 Å². The summed E-state index contributed by atoms with van der Waals surface area (Å²) in [4.78, 5) is 0.